The Bertz CT molecular complexity index is 554. The third-order valence-corrected chi connectivity index (χ3v) is 3.25. The number of carbonyl (C=O) groups is 1. The molecule has 0 heterocycles. The number of ether oxygens (including phenoxy) is 1. The van der Waals surface area contributed by atoms with Gasteiger partial charge in [0.2, 0.25) is 10.0 Å². The summed E-state index contributed by atoms with van der Waals surface area (Å²) in [4.78, 5) is 11.3. The fraction of sp³-hybridized carbons (Fsp3) is 0.364. The second-order valence-corrected chi connectivity index (χ2v) is 5.61. The van der Waals surface area contributed by atoms with E-state index in [4.69, 9.17) is 0 Å². The van der Waals surface area contributed by atoms with E-state index in [-0.39, 0.29) is 12.3 Å². The number of esters is 1. The molecule has 0 bridgehead atoms. The molecule has 8 heteroatoms. The van der Waals surface area contributed by atoms with Gasteiger partial charge in [-0.25, -0.2) is 17.2 Å². The van der Waals surface area contributed by atoms with Crippen LogP contribution in [-0.4, -0.2) is 33.8 Å². The van der Waals surface area contributed by atoms with Crippen LogP contribution >= 0.6 is 0 Å². The van der Waals surface area contributed by atoms with Crippen LogP contribution in [0.25, 0.3) is 0 Å². The van der Waals surface area contributed by atoms with E-state index in [1.165, 1.54) is 0 Å². The largest absolute Gasteiger partial charge is 0.465 e. The Morgan fingerprint density at radius 2 is 1.79 bits per heavy atom. The van der Waals surface area contributed by atoms with Gasteiger partial charge in [-0.1, -0.05) is 0 Å². The maximum atomic E-state index is 13.1. The predicted octanol–water partition coefficient (Wildman–Crippen LogP) is 1.29. The molecule has 0 saturated heterocycles. The Balaban J connectivity index is 3.14. The number of benzene rings is 1. The van der Waals surface area contributed by atoms with E-state index in [1.54, 1.807) is 6.92 Å². The lowest BCUT2D eigenvalue weighted by molar-refractivity contribution is -0.141. The van der Waals surface area contributed by atoms with Crippen LogP contribution in [0.2, 0.25) is 0 Å². The Kier molecular flexibility index (Phi) is 4.82. The van der Waals surface area contributed by atoms with Crippen LogP contribution in [0.15, 0.2) is 18.2 Å². The van der Waals surface area contributed by atoms with Crippen molar-refractivity contribution in [3.05, 3.63) is 29.8 Å². The molecule has 0 radical (unpaired) electrons. The van der Waals surface area contributed by atoms with E-state index in [0.717, 1.165) is 18.4 Å². The average molecular weight is 293 g/mol. The van der Waals surface area contributed by atoms with E-state index >= 15 is 0 Å². The smallest absolute Gasteiger partial charge is 0.326 e. The molecule has 0 N–H and O–H groups in total. The first-order valence-corrected chi connectivity index (χ1v) is 7.18. The topological polar surface area (TPSA) is 63.7 Å². The lowest BCUT2D eigenvalue weighted by Gasteiger charge is -2.21. The third kappa shape index (κ3) is 4.47. The van der Waals surface area contributed by atoms with Crippen molar-refractivity contribution >= 4 is 21.7 Å². The third-order valence-electron chi connectivity index (χ3n) is 2.11. The minimum atomic E-state index is -3.87. The van der Waals surface area contributed by atoms with Gasteiger partial charge in [-0.15, -0.1) is 0 Å². The summed E-state index contributed by atoms with van der Waals surface area (Å²) in [5, 5.41) is 0. The molecule has 0 aromatic heterocycles. The van der Waals surface area contributed by atoms with E-state index in [9.17, 15) is 22.0 Å². The SMILES string of the molecule is CCOC(=O)CN(c1cc(F)cc(F)c1)S(C)(=O)=O. The van der Waals surface area contributed by atoms with Crippen molar-refractivity contribution in [3.8, 4) is 0 Å². The maximum Gasteiger partial charge on any atom is 0.326 e. The molecule has 0 atom stereocenters. The summed E-state index contributed by atoms with van der Waals surface area (Å²) >= 11 is 0. The monoisotopic (exact) mass is 293 g/mol. The van der Waals surface area contributed by atoms with Gasteiger partial charge in [0, 0.05) is 6.07 Å². The number of hydrogen-bond donors (Lipinski definition) is 0. The Morgan fingerprint density at radius 3 is 2.21 bits per heavy atom. The lowest BCUT2D eigenvalue weighted by atomic mass is 10.3. The molecule has 0 spiro atoms. The Labute approximate surface area is 109 Å². The second kappa shape index (κ2) is 5.96. The van der Waals surface area contributed by atoms with Gasteiger partial charge >= 0.3 is 5.97 Å². The first-order chi connectivity index (χ1) is 8.74. The van der Waals surface area contributed by atoms with Crippen molar-refractivity contribution in [2.75, 3.05) is 23.7 Å². The standard InChI is InChI=1S/C11H13F2NO4S/c1-3-18-11(15)7-14(19(2,16)17)10-5-8(12)4-9(13)6-10/h4-6H,3,7H2,1-2H3. The fourth-order valence-electron chi connectivity index (χ4n) is 1.41. The van der Waals surface area contributed by atoms with Gasteiger partial charge in [-0.05, 0) is 19.1 Å². The van der Waals surface area contributed by atoms with Crippen molar-refractivity contribution < 1.29 is 26.7 Å². The van der Waals surface area contributed by atoms with Crippen molar-refractivity contribution in [2.45, 2.75) is 6.92 Å². The molecule has 0 amide bonds. The zero-order valence-corrected chi connectivity index (χ0v) is 11.2. The molecule has 0 aliphatic heterocycles. The van der Waals surface area contributed by atoms with E-state index in [1.807, 2.05) is 0 Å². The molecule has 0 aliphatic carbocycles. The Hall–Kier alpha value is -1.70. The normalized spacial score (nSPS) is 11.2. The van der Waals surface area contributed by atoms with Gasteiger partial charge in [0.25, 0.3) is 0 Å². The molecule has 1 aromatic rings. The van der Waals surface area contributed by atoms with Gasteiger partial charge in [-0.2, -0.15) is 0 Å². The molecule has 106 valence electrons. The summed E-state index contributed by atoms with van der Waals surface area (Å²) < 4.78 is 54.5. The van der Waals surface area contributed by atoms with Crippen LogP contribution in [0.5, 0.6) is 0 Å². The lowest BCUT2D eigenvalue weighted by Crippen LogP contribution is -2.35. The minimum absolute atomic E-state index is 0.0773. The molecular weight excluding hydrogens is 280 g/mol. The molecule has 0 fully saturated rings. The number of rotatable bonds is 5. The van der Waals surface area contributed by atoms with Crippen LogP contribution in [0, 0.1) is 11.6 Å². The predicted molar refractivity (Wildman–Crippen MR) is 65.2 cm³/mol. The van der Waals surface area contributed by atoms with Gasteiger partial charge < -0.3 is 4.74 Å². The van der Waals surface area contributed by atoms with Crippen molar-refractivity contribution in [2.24, 2.45) is 0 Å². The van der Waals surface area contributed by atoms with E-state index < -0.39 is 34.2 Å². The number of carbonyl (C=O) groups excluding carboxylic acids is 1. The number of hydrogen-bond acceptors (Lipinski definition) is 4. The number of halogens is 2. The minimum Gasteiger partial charge on any atom is -0.465 e. The zero-order chi connectivity index (χ0) is 14.6. The van der Waals surface area contributed by atoms with E-state index in [2.05, 4.69) is 4.74 Å². The van der Waals surface area contributed by atoms with Gasteiger partial charge in [-0.3, -0.25) is 9.10 Å². The molecule has 0 aliphatic rings. The molecule has 5 nitrogen and oxygen atoms in total. The maximum absolute atomic E-state index is 13.1. The highest BCUT2D eigenvalue weighted by molar-refractivity contribution is 7.92. The van der Waals surface area contributed by atoms with Crippen molar-refractivity contribution in [1.82, 2.24) is 0 Å². The van der Waals surface area contributed by atoms with Gasteiger partial charge in [0.1, 0.15) is 18.2 Å². The Morgan fingerprint density at radius 1 is 1.26 bits per heavy atom. The molecule has 0 unspecified atom stereocenters. The molecule has 1 rings (SSSR count). The first-order valence-electron chi connectivity index (χ1n) is 5.33. The summed E-state index contributed by atoms with van der Waals surface area (Å²) in [7, 11) is -3.87. The molecular formula is C11H13F2NO4S. The summed E-state index contributed by atoms with van der Waals surface area (Å²) in [6.07, 6.45) is 0.828. The van der Waals surface area contributed by atoms with Crippen LogP contribution in [0.4, 0.5) is 14.5 Å². The first kappa shape index (κ1) is 15.4. The quantitative estimate of drug-likeness (QED) is 0.768. The second-order valence-electron chi connectivity index (χ2n) is 3.70. The van der Waals surface area contributed by atoms with Crippen LogP contribution < -0.4 is 4.31 Å². The highest BCUT2D eigenvalue weighted by Crippen LogP contribution is 2.20. The van der Waals surface area contributed by atoms with Crippen molar-refractivity contribution in [3.63, 3.8) is 0 Å². The van der Waals surface area contributed by atoms with Gasteiger partial charge in [0.05, 0.1) is 18.6 Å². The zero-order valence-electron chi connectivity index (χ0n) is 10.4. The van der Waals surface area contributed by atoms with E-state index in [0.29, 0.717) is 10.4 Å². The fourth-order valence-corrected chi connectivity index (χ4v) is 2.24. The average Bonchev–Trinajstić information content (AvgIpc) is 2.23. The van der Waals surface area contributed by atoms with Crippen LogP contribution in [0.1, 0.15) is 6.92 Å². The van der Waals surface area contributed by atoms with Crippen LogP contribution in [-0.2, 0) is 19.6 Å². The number of nitrogens with zero attached hydrogens (tertiary/aromatic N) is 1. The summed E-state index contributed by atoms with van der Waals surface area (Å²) in [6.45, 7) is 0.994. The van der Waals surface area contributed by atoms with Gasteiger partial charge in [0.15, 0.2) is 0 Å². The summed E-state index contributed by atoms with van der Waals surface area (Å²) in [6, 6.07) is 2.25. The van der Waals surface area contributed by atoms with Crippen LogP contribution in [0.3, 0.4) is 0 Å². The highest BCUT2D eigenvalue weighted by Gasteiger charge is 2.22. The molecule has 1 aromatic carbocycles. The summed E-state index contributed by atoms with van der Waals surface area (Å²) in [5.74, 6) is -2.68. The van der Waals surface area contributed by atoms with Crippen molar-refractivity contribution in [1.29, 1.82) is 0 Å². The summed E-state index contributed by atoms with van der Waals surface area (Å²) in [5.41, 5.74) is -0.270. The highest BCUT2D eigenvalue weighted by atomic mass is 32.2. The number of anilines is 1. The molecule has 19 heavy (non-hydrogen) atoms. The molecule has 0 saturated carbocycles. The number of sulfonamides is 1.